The van der Waals surface area contributed by atoms with Gasteiger partial charge in [0.1, 0.15) is 11.6 Å². The zero-order valence-electron chi connectivity index (χ0n) is 26.1. The minimum Gasteiger partial charge on any atom is -0.349 e. The van der Waals surface area contributed by atoms with Crippen molar-refractivity contribution in [2.75, 3.05) is 13.1 Å². The maximum absolute atomic E-state index is 13.0. The second-order valence-corrected chi connectivity index (χ2v) is 12.7. The fraction of sp³-hybridized carbons (Fsp3) is 0.727. The molecule has 1 amide bonds. The van der Waals surface area contributed by atoms with Gasteiger partial charge in [-0.2, -0.15) is 0 Å². The number of amides is 1. The molecule has 0 spiro atoms. The van der Waals surface area contributed by atoms with E-state index in [1.807, 2.05) is 6.07 Å². The van der Waals surface area contributed by atoms with Crippen molar-refractivity contribution in [2.24, 2.45) is 5.11 Å². The molecule has 2 saturated heterocycles. The molecule has 42 heavy (non-hydrogen) atoms. The van der Waals surface area contributed by atoms with Crippen LogP contribution in [0.5, 0.6) is 0 Å². The van der Waals surface area contributed by atoms with Gasteiger partial charge >= 0.3 is 0 Å². The Morgan fingerprint density at radius 2 is 1.62 bits per heavy atom. The highest BCUT2D eigenvalue weighted by atomic mass is 16.1. The maximum atomic E-state index is 13.0. The molecule has 9 nitrogen and oxygen atoms in total. The lowest BCUT2D eigenvalue weighted by molar-refractivity contribution is -0.122. The predicted octanol–water partition coefficient (Wildman–Crippen LogP) is 7.95. The zero-order valence-corrected chi connectivity index (χ0v) is 26.1. The molecular formula is C33H52N8O. The second kappa shape index (κ2) is 16.7. The van der Waals surface area contributed by atoms with Crippen LogP contribution in [0.25, 0.3) is 10.4 Å². The lowest BCUT2D eigenvalue weighted by Gasteiger charge is -2.40. The molecule has 9 heteroatoms. The number of aromatic nitrogens is 3. The quantitative estimate of drug-likeness (QED) is 0.0840. The Balaban J connectivity index is 1.22. The van der Waals surface area contributed by atoms with E-state index in [-0.39, 0.29) is 11.9 Å². The van der Waals surface area contributed by atoms with Gasteiger partial charge in [0.05, 0.1) is 6.04 Å². The normalized spacial score (nSPS) is 20.9. The average molecular weight is 577 g/mol. The molecule has 2 fully saturated rings. The Labute approximate surface area is 252 Å². The molecule has 0 radical (unpaired) electrons. The van der Waals surface area contributed by atoms with Crippen LogP contribution >= 0.6 is 0 Å². The summed E-state index contributed by atoms with van der Waals surface area (Å²) in [6.45, 7) is 8.14. The van der Waals surface area contributed by atoms with Crippen molar-refractivity contribution in [3.05, 3.63) is 58.0 Å². The number of nitrogens with zero attached hydrogens (tertiary/aromatic N) is 7. The molecule has 3 unspecified atom stereocenters. The Bertz CT molecular complexity index is 1130. The Morgan fingerprint density at radius 3 is 2.26 bits per heavy atom. The van der Waals surface area contributed by atoms with E-state index in [0.717, 1.165) is 63.1 Å². The van der Waals surface area contributed by atoms with Crippen LogP contribution in [0.4, 0.5) is 0 Å². The SMILES string of the molecule is Cc1nnc(C(C)C)n1C1CC2CCC(C1)N2CCC(NC(=O)CCCCCCCCCCN=[N+]=[N-])c1ccccc1. The summed E-state index contributed by atoms with van der Waals surface area (Å²) in [6.07, 6.45) is 15.3. The molecule has 2 aromatic rings. The number of benzene rings is 1. The number of azide groups is 1. The molecule has 230 valence electrons. The summed E-state index contributed by atoms with van der Waals surface area (Å²) in [6, 6.07) is 12.2. The van der Waals surface area contributed by atoms with Crippen LogP contribution in [0.2, 0.25) is 0 Å². The van der Waals surface area contributed by atoms with E-state index in [0.29, 0.717) is 37.0 Å². The third kappa shape index (κ3) is 9.05. The molecule has 2 aliphatic rings. The number of rotatable bonds is 18. The number of fused-ring (bicyclic) bond motifs is 2. The van der Waals surface area contributed by atoms with Gasteiger partial charge in [-0.25, -0.2) is 0 Å². The summed E-state index contributed by atoms with van der Waals surface area (Å²) < 4.78 is 2.43. The van der Waals surface area contributed by atoms with Crippen LogP contribution < -0.4 is 5.32 Å². The van der Waals surface area contributed by atoms with E-state index in [1.165, 1.54) is 44.1 Å². The highest BCUT2D eigenvalue weighted by Crippen LogP contribution is 2.42. The van der Waals surface area contributed by atoms with Gasteiger partial charge in [0.15, 0.2) is 0 Å². The van der Waals surface area contributed by atoms with Crippen LogP contribution in [0, 0.1) is 6.92 Å². The van der Waals surface area contributed by atoms with Gasteiger partial charge in [-0.1, -0.05) is 87.8 Å². The number of carbonyl (C=O) groups is 1. The van der Waals surface area contributed by atoms with Gasteiger partial charge < -0.3 is 9.88 Å². The molecular weight excluding hydrogens is 524 g/mol. The Morgan fingerprint density at radius 1 is 0.976 bits per heavy atom. The standard InChI is InChI=1S/C33H52N8O/c1-25(2)33-38-37-26(3)41(33)30-23-28-18-19-29(24-30)40(28)22-20-31(27-15-11-10-12-16-27)36-32(42)17-13-8-6-4-5-7-9-14-21-35-39-34/h10-12,15-16,25,28-31H,4-9,13-14,17-24H2,1-3H3,(H,36,42). The molecule has 2 bridgehead atoms. The number of piperidine rings is 1. The van der Waals surface area contributed by atoms with Crippen molar-refractivity contribution in [3.63, 3.8) is 0 Å². The Kier molecular flexibility index (Phi) is 12.7. The summed E-state index contributed by atoms with van der Waals surface area (Å²) >= 11 is 0. The van der Waals surface area contributed by atoms with E-state index in [9.17, 15) is 4.79 Å². The number of carbonyl (C=O) groups excluding carboxylic acids is 1. The molecule has 0 aliphatic carbocycles. The first-order valence-electron chi connectivity index (χ1n) is 16.5. The van der Waals surface area contributed by atoms with Crippen molar-refractivity contribution in [1.82, 2.24) is 25.0 Å². The predicted molar refractivity (Wildman–Crippen MR) is 168 cm³/mol. The van der Waals surface area contributed by atoms with Crippen LogP contribution in [0.1, 0.15) is 139 Å². The van der Waals surface area contributed by atoms with Gasteiger partial charge in [0.2, 0.25) is 5.91 Å². The summed E-state index contributed by atoms with van der Waals surface area (Å²) in [5.74, 6) is 2.72. The van der Waals surface area contributed by atoms with E-state index in [4.69, 9.17) is 5.53 Å². The van der Waals surface area contributed by atoms with Gasteiger partial charge in [-0.05, 0) is 63.0 Å². The highest BCUT2D eigenvalue weighted by Gasteiger charge is 2.42. The average Bonchev–Trinajstić information content (AvgIpc) is 3.49. The monoisotopic (exact) mass is 576 g/mol. The summed E-state index contributed by atoms with van der Waals surface area (Å²) in [5.41, 5.74) is 9.53. The minimum absolute atomic E-state index is 0.0498. The van der Waals surface area contributed by atoms with Crippen LogP contribution in [-0.4, -0.2) is 50.7 Å². The molecule has 3 atom stereocenters. The molecule has 1 N–H and O–H groups in total. The third-order valence-corrected chi connectivity index (χ3v) is 9.32. The van der Waals surface area contributed by atoms with E-state index >= 15 is 0 Å². The second-order valence-electron chi connectivity index (χ2n) is 12.7. The van der Waals surface area contributed by atoms with Crippen molar-refractivity contribution in [3.8, 4) is 0 Å². The summed E-state index contributed by atoms with van der Waals surface area (Å²) in [5, 5.41) is 15.9. The van der Waals surface area contributed by atoms with E-state index in [2.05, 4.69) is 80.0 Å². The molecule has 3 heterocycles. The van der Waals surface area contributed by atoms with Crippen LogP contribution in [0.15, 0.2) is 35.4 Å². The first kappa shape index (κ1) is 32.0. The summed E-state index contributed by atoms with van der Waals surface area (Å²) in [7, 11) is 0. The van der Waals surface area contributed by atoms with Gasteiger partial charge in [0, 0.05) is 48.5 Å². The highest BCUT2D eigenvalue weighted by molar-refractivity contribution is 5.76. The van der Waals surface area contributed by atoms with Gasteiger partial charge in [-0.3, -0.25) is 9.69 Å². The maximum Gasteiger partial charge on any atom is 0.220 e. The van der Waals surface area contributed by atoms with E-state index < -0.39 is 0 Å². The van der Waals surface area contributed by atoms with Gasteiger partial charge in [-0.15, -0.1) is 10.2 Å². The first-order chi connectivity index (χ1) is 20.5. The lowest BCUT2D eigenvalue weighted by Crippen LogP contribution is -2.45. The molecule has 1 aromatic carbocycles. The minimum atomic E-state index is 0.0498. The van der Waals surface area contributed by atoms with Crippen molar-refractivity contribution < 1.29 is 4.79 Å². The fourth-order valence-electron chi connectivity index (χ4n) is 7.18. The Hall–Kier alpha value is -2.90. The fourth-order valence-corrected chi connectivity index (χ4v) is 7.18. The number of hydrogen-bond donors (Lipinski definition) is 1. The van der Waals surface area contributed by atoms with Crippen molar-refractivity contribution >= 4 is 5.91 Å². The van der Waals surface area contributed by atoms with Crippen LogP contribution in [0.3, 0.4) is 0 Å². The van der Waals surface area contributed by atoms with E-state index in [1.54, 1.807) is 0 Å². The van der Waals surface area contributed by atoms with Crippen molar-refractivity contribution in [1.29, 1.82) is 0 Å². The van der Waals surface area contributed by atoms with Gasteiger partial charge in [0.25, 0.3) is 0 Å². The molecule has 0 saturated carbocycles. The van der Waals surface area contributed by atoms with Crippen molar-refractivity contribution in [2.45, 2.75) is 141 Å². The lowest BCUT2D eigenvalue weighted by atomic mass is 9.95. The number of nitrogens with one attached hydrogen (secondary N) is 1. The number of aryl methyl sites for hydroxylation is 1. The summed E-state index contributed by atoms with van der Waals surface area (Å²) in [4.78, 5) is 18.5. The zero-order chi connectivity index (χ0) is 29.7. The largest absolute Gasteiger partial charge is 0.349 e. The first-order valence-corrected chi connectivity index (χ1v) is 16.5. The topological polar surface area (TPSA) is 112 Å². The molecule has 1 aromatic heterocycles. The molecule has 2 aliphatic heterocycles. The smallest absolute Gasteiger partial charge is 0.220 e. The number of hydrogen-bond acceptors (Lipinski definition) is 5. The number of unbranched alkanes of at least 4 members (excludes halogenated alkanes) is 7. The van der Waals surface area contributed by atoms with Crippen LogP contribution in [-0.2, 0) is 4.79 Å². The third-order valence-electron chi connectivity index (χ3n) is 9.32. The molecule has 4 rings (SSSR count).